The Morgan fingerprint density at radius 3 is 2.30 bits per heavy atom. The van der Waals surface area contributed by atoms with E-state index in [9.17, 15) is 0 Å². The third-order valence-corrected chi connectivity index (χ3v) is 3.07. The molecule has 0 fully saturated rings. The maximum Gasteiger partial charge on any atom is 0.230 e. The molecule has 0 amide bonds. The van der Waals surface area contributed by atoms with Crippen LogP contribution in [0.5, 0.6) is 0 Å². The summed E-state index contributed by atoms with van der Waals surface area (Å²) < 4.78 is 3.51. The number of nitrogens with two attached hydrogens (primary N) is 1. The molecule has 0 bridgehead atoms. The molecule has 110 valence electrons. The zero-order chi connectivity index (χ0) is 15.3. The third-order valence-electron chi connectivity index (χ3n) is 2.33. The first-order valence-corrected chi connectivity index (χ1v) is 7.09. The lowest BCUT2D eigenvalue weighted by Crippen LogP contribution is -2.45. The summed E-state index contributed by atoms with van der Waals surface area (Å²) in [5.41, 5.74) is 7.27. The third kappa shape index (κ3) is 5.32. The molecule has 4 nitrogen and oxygen atoms in total. The molecule has 1 aromatic carbocycles. The highest BCUT2D eigenvalue weighted by molar-refractivity contribution is 7.80. The van der Waals surface area contributed by atoms with Gasteiger partial charge in [0.25, 0.3) is 0 Å². The maximum absolute atomic E-state index is 5.85. The van der Waals surface area contributed by atoms with Crippen molar-refractivity contribution < 1.29 is 4.74 Å². The van der Waals surface area contributed by atoms with Gasteiger partial charge >= 0.3 is 0 Å². The molecule has 1 unspecified atom stereocenters. The predicted molar refractivity (Wildman–Crippen MR) is 88.7 cm³/mol. The van der Waals surface area contributed by atoms with E-state index in [4.69, 9.17) is 57.5 Å². The highest BCUT2D eigenvalue weighted by atomic mass is 35.6. The Hall–Kier alpha value is -0.750. The first-order valence-electron chi connectivity index (χ1n) is 5.55. The Kier molecular flexibility index (Phi) is 6.33. The molecule has 1 aromatic rings. The van der Waals surface area contributed by atoms with E-state index in [0.717, 1.165) is 11.1 Å². The standard InChI is InChI=1S/C12H14Cl3N3OS/c1-7-3-5-8(6-4-7)9(19-2)17-10(12(13,14)15)18-11(16)20/h3-6,10H,1-2H3,(H3,16,18,20)/b17-9+. The number of hydrogen-bond acceptors (Lipinski definition) is 3. The van der Waals surface area contributed by atoms with Gasteiger partial charge in [-0.2, -0.15) is 0 Å². The molecule has 0 aliphatic carbocycles. The van der Waals surface area contributed by atoms with Gasteiger partial charge in [0, 0.05) is 5.56 Å². The summed E-state index contributed by atoms with van der Waals surface area (Å²) in [4.78, 5) is 4.23. The average Bonchev–Trinajstić information content (AvgIpc) is 2.34. The van der Waals surface area contributed by atoms with Crippen LogP contribution in [0.4, 0.5) is 0 Å². The van der Waals surface area contributed by atoms with Crippen molar-refractivity contribution in [2.24, 2.45) is 10.7 Å². The van der Waals surface area contributed by atoms with Gasteiger partial charge in [0.2, 0.25) is 9.69 Å². The highest BCUT2D eigenvalue weighted by Crippen LogP contribution is 2.31. The quantitative estimate of drug-likeness (QED) is 0.379. The normalized spacial score (nSPS) is 13.8. The molecule has 0 aliphatic rings. The summed E-state index contributed by atoms with van der Waals surface area (Å²) in [7, 11) is 1.48. The van der Waals surface area contributed by atoms with Crippen LogP contribution in [-0.2, 0) is 4.74 Å². The van der Waals surface area contributed by atoms with Crippen molar-refractivity contribution in [2.75, 3.05) is 7.11 Å². The number of aryl methyl sites for hydroxylation is 1. The summed E-state index contributed by atoms with van der Waals surface area (Å²) >= 11 is 22.3. The van der Waals surface area contributed by atoms with Crippen LogP contribution in [0, 0.1) is 6.92 Å². The molecular formula is C12H14Cl3N3OS. The SMILES string of the molecule is CO/C(=N/C(NC(N)=S)C(Cl)(Cl)Cl)c1ccc(C)cc1. The van der Waals surface area contributed by atoms with Crippen molar-refractivity contribution >= 4 is 58.0 Å². The van der Waals surface area contributed by atoms with Crippen molar-refractivity contribution in [1.82, 2.24) is 5.32 Å². The molecular weight excluding hydrogens is 341 g/mol. The van der Waals surface area contributed by atoms with Crippen LogP contribution in [0.3, 0.4) is 0 Å². The molecule has 20 heavy (non-hydrogen) atoms. The minimum atomic E-state index is -1.72. The Morgan fingerprint density at radius 2 is 1.90 bits per heavy atom. The van der Waals surface area contributed by atoms with Crippen LogP contribution in [0.25, 0.3) is 0 Å². The lowest BCUT2D eigenvalue weighted by molar-refractivity contribution is 0.397. The number of hydrogen-bond donors (Lipinski definition) is 2. The van der Waals surface area contributed by atoms with E-state index in [1.165, 1.54) is 7.11 Å². The number of nitrogens with one attached hydrogen (secondary N) is 1. The number of nitrogens with zero attached hydrogens (tertiary/aromatic N) is 1. The highest BCUT2D eigenvalue weighted by Gasteiger charge is 2.33. The molecule has 3 N–H and O–H groups in total. The second-order valence-corrected chi connectivity index (χ2v) is 6.77. The number of methoxy groups -OCH3 is 1. The van der Waals surface area contributed by atoms with Crippen LogP contribution in [0.2, 0.25) is 0 Å². The van der Waals surface area contributed by atoms with Crippen molar-refractivity contribution in [3.05, 3.63) is 35.4 Å². The van der Waals surface area contributed by atoms with E-state index in [1.54, 1.807) is 0 Å². The minimum Gasteiger partial charge on any atom is -0.481 e. The summed E-state index contributed by atoms with van der Waals surface area (Å²) in [5.74, 6) is 0.310. The van der Waals surface area contributed by atoms with Crippen molar-refractivity contribution in [1.29, 1.82) is 0 Å². The first kappa shape index (κ1) is 17.3. The summed E-state index contributed by atoms with van der Waals surface area (Å²) in [5, 5.41) is 2.59. The fourth-order valence-corrected chi connectivity index (χ4v) is 1.80. The summed E-state index contributed by atoms with van der Waals surface area (Å²) in [6.07, 6.45) is -0.957. The topological polar surface area (TPSA) is 59.6 Å². The Bertz CT molecular complexity index is 500. The molecule has 0 aromatic heterocycles. The van der Waals surface area contributed by atoms with Crippen LogP contribution in [-0.4, -0.2) is 28.1 Å². The van der Waals surface area contributed by atoms with E-state index in [0.29, 0.717) is 5.90 Å². The molecule has 0 heterocycles. The number of halogens is 3. The number of thiocarbonyl (C=S) groups is 1. The van der Waals surface area contributed by atoms with Crippen molar-refractivity contribution in [3.63, 3.8) is 0 Å². The number of benzene rings is 1. The predicted octanol–water partition coefficient (Wildman–Crippen LogP) is 2.92. The van der Waals surface area contributed by atoms with Gasteiger partial charge < -0.3 is 15.8 Å². The number of rotatable bonds is 3. The smallest absolute Gasteiger partial charge is 0.230 e. The Balaban J connectivity index is 3.11. The molecule has 0 saturated carbocycles. The molecule has 1 rings (SSSR count). The van der Waals surface area contributed by atoms with Gasteiger partial charge in [-0.15, -0.1) is 0 Å². The molecule has 0 aliphatic heterocycles. The number of alkyl halides is 3. The maximum atomic E-state index is 5.85. The minimum absolute atomic E-state index is 0.0237. The zero-order valence-corrected chi connectivity index (χ0v) is 13.9. The largest absolute Gasteiger partial charge is 0.481 e. The van der Waals surface area contributed by atoms with Gasteiger partial charge in [-0.25, -0.2) is 4.99 Å². The van der Waals surface area contributed by atoms with Gasteiger partial charge in [0.1, 0.15) is 0 Å². The Morgan fingerprint density at radius 1 is 1.35 bits per heavy atom. The lowest BCUT2D eigenvalue weighted by Gasteiger charge is -2.22. The molecule has 0 spiro atoms. The second-order valence-electron chi connectivity index (χ2n) is 3.96. The van der Waals surface area contributed by atoms with Crippen molar-refractivity contribution in [3.8, 4) is 0 Å². The van der Waals surface area contributed by atoms with Crippen LogP contribution in [0.15, 0.2) is 29.3 Å². The van der Waals surface area contributed by atoms with Crippen LogP contribution < -0.4 is 11.1 Å². The van der Waals surface area contributed by atoms with E-state index in [2.05, 4.69) is 10.3 Å². The van der Waals surface area contributed by atoms with Gasteiger partial charge in [-0.05, 0) is 31.3 Å². The molecule has 1 atom stereocenters. The van der Waals surface area contributed by atoms with E-state index in [1.807, 2.05) is 31.2 Å². The molecule has 0 saturated heterocycles. The Labute approximate surface area is 138 Å². The number of ether oxygens (including phenoxy) is 1. The average molecular weight is 355 g/mol. The van der Waals surface area contributed by atoms with E-state index < -0.39 is 9.96 Å². The molecule has 0 radical (unpaired) electrons. The van der Waals surface area contributed by atoms with Crippen LogP contribution in [0.1, 0.15) is 11.1 Å². The second kappa shape index (κ2) is 7.31. The van der Waals surface area contributed by atoms with Crippen molar-refractivity contribution in [2.45, 2.75) is 16.9 Å². The van der Waals surface area contributed by atoms with E-state index in [-0.39, 0.29) is 5.11 Å². The van der Waals surface area contributed by atoms with Crippen LogP contribution >= 0.6 is 47.0 Å². The van der Waals surface area contributed by atoms with E-state index >= 15 is 0 Å². The first-order chi connectivity index (χ1) is 9.24. The van der Waals surface area contributed by atoms with Gasteiger partial charge in [0.05, 0.1) is 7.11 Å². The number of aliphatic imine (C=N–C) groups is 1. The van der Waals surface area contributed by atoms with Gasteiger partial charge in [0.15, 0.2) is 11.3 Å². The van der Waals surface area contributed by atoms with Gasteiger partial charge in [-0.1, -0.05) is 52.5 Å². The lowest BCUT2D eigenvalue weighted by atomic mass is 10.1. The monoisotopic (exact) mass is 353 g/mol. The zero-order valence-electron chi connectivity index (χ0n) is 10.9. The van der Waals surface area contributed by atoms with Gasteiger partial charge in [-0.3, -0.25) is 0 Å². The summed E-state index contributed by atoms with van der Waals surface area (Å²) in [6, 6.07) is 7.56. The molecule has 8 heteroatoms. The fraction of sp³-hybridized carbons (Fsp3) is 0.333. The summed E-state index contributed by atoms with van der Waals surface area (Å²) in [6.45, 7) is 1.98. The fourth-order valence-electron chi connectivity index (χ4n) is 1.38.